The average Bonchev–Trinajstić information content (AvgIpc) is 2.23. The van der Waals surface area contributed by atoms with Crippen molar-refractivity contribution in [3.05, 3.63) is 10.5 Å². The standard InChI is InChI=1S/C11H16O3S/c1-4-11(13)14-7-10-8(2)9(12)5-6-15(10)3/h3-7H2,1-2H3. The van der Waals surface area contributed by atoms with Crippen molar-refractivity contribution >= 4 is 28.1 Å². The van der Waals surface area contributed by atoms with Crippen molar-refractivity contribution in [2.45, 2.75) is 26.7 Å². The normalized spacial score (nSPS) is 21.7. The highest BCUT2D eigenvalue weighted by molar-refractivity contribution is 8.17. The van der Waals surface area contributed by atoms with Crippen LogP contribution in [0.1, 0.15) is 26.7 Å². The fourth-order valence-corrected chi connectivity index (χ4v) is 2.79. The summed E-state index contributed by atoms with van der Waals surface area (Å²) in [5.41, 5.74) is 0.739. The molecule has 0 saturated heterocycles. The van der Waals surface area contributed by atoms with Gasteiger partial charge in [0.2, 0.25) is 0 Å². The molecule has 1 aliphatic rings. The first-order chi connectivity index (χ1) is 7.06. The number of carbonyl (C=O) groups excluding carboxylic acids is 2. The molecule has 0 N–H and O–H groups in total. The van der Waals surface area contributed by atoms with E-state index in [1.54, 1.807) is 13.8 Å². The van der Waals surface area contributed by atoms with Crippen LogP contribution < -0.4 is 0 Å². The van der Waals surface area contributed by atoms with E-state index in [2.05, 4.69) is 5.87 Å². The van der Waals surface area contributed by atoms with Crippen molar-refractivity contribution in [2.24, 2.45) is 0 Å². The molecule has 15 heavy (non-hydrogen) atoms. The molecule has 1 heterocycles. The van der Waals surface area contributed by atoms with Crippen LogP contribution in [-0.4, -0.2) is 30.0 Å². The van der Waals surface area contributed by atoms with Gasteiger partial charge in [0.15, 0.2) is 5.78 Å². The maximum absolute atomic E-state index is 11.4. The Hall–Kier alpha value is -0.900. The van der Waals surface area contributed by atoms with E-state index >= 15 is 0 Å². The minimum absolute atomic E-state index is 0.157. The Morgan fingerprint density at radius 3 is 2.87 bits per heavy atom. The summed E-state index contributed by atoms with van der Waals surface area (Å²) in [6.45, 7) is 3.78. The number of esters is 1. The van der Waals surface area contributed by atoms with E-state index in [4.69, 9.17) is 4.74 Å². The zero-order valence-electron chi connectivity index (χ0n) is 9.17. The van der Waals surface area contributed by atoms with Crippen LogP contribution in [0, 0.1) is 0 Å². The summed E-state index contributed by atoms with van der Waals surface area (Å²) in [5, 5.41) is 0. The van der Waals surface area contributed by atoms with Gasteiger partial charge in [-0.25, -0.2) is 0 Å². The third kappa shape index (κ3) is 3.02. The Kier molecular flexibility index (Phi) is 4.27. The molecule has 0 spiro atoms. The molecule has 0 fully saturated rings. The van der Waals surface area contributed by atoms with Crippen molar-refractivity contribution in [3.8, 4) is 0 Å². The summed E-state index contributed by atoms with van der Waals surface area (Å²) in [6, 6.07) is 0. The summed E-state index contributed by atoms with van der Waals surface area (Å²) in [6.07, 6.45) is 0.939. The van der Waals surface area contributed by atoms with E-state index in [0.29, 0.717) is 12.8 Å². The van der Waals surface area contributed by atoms with E-state index in [0.717, 1.165) is 16.2 Å². The lowest BCUT2D eigenvalue weighted by Crippen LogP contribution is -2.15. The maximum atomic E-state index is 11.4. The number of ketones is 1. The summed E-state index contributed by atoms with van der Waals surface area (Å²) >= 11 is 0. The fourth-order valence-electron chi connectivity index (χ4n) is 1.34. The van der Waals surface area contributed by atoms with Crippen molar-refractivity contribution in [3.63, 3.8) is 0 Å². The van der Waals surface area contributed by atoms with Gasteiger partial charge in [-0.1, -0.05) is 12.8 Å². The number of hydrogen-bond acceptors (Lipinski definition) is 3. The first-order valence-electron chi connectivity index (χ1n) is 4.95. The molecule has 0 radical (unpaired) electrons. The van der Waals surface area contributed by atoms with Crippen molar-refractivity contribution in [1.29, 1.82) is 0 Å². The van der Waals surface area contributed by atoms with Crippen LogP contribution in [0.5, 0.6) is 0 Å². The minimum atomic E-state index is -0.231. The number of rotatable bonds is 3. The lowest BCUT2D eigenvalue weighted by Gasteiger charge is -2.20. The van der Waals surface area contributed by atoms with Crippen LogP contribution in [0.15, 0.2) is 10.5 Å². The number of allylic oxidation sites excluding steroid dienone is 1. The lowest BCUT2D eigenvalue weighted by molar-refractivity contribution is -0.142. The van der Waals surface area contributed by atoms with E-state index in [9.17, 15) is 9.59 Å². The van der Waals surface area contributed by atoms with Crippen LogP contribution in [0.25, 0.3) is 0 Å². The van der Waals surface area contributed by atoms with E-state index < -0.39 is 0 Å². The molecular formula is C11H16O3S. The lowest BCUT2D eigenvalue weighted by atomic mass is 10.1. The Labute approximate surface area is 92.4 Å². The van der Waals surface area contributed by atoms with E-state index in [1.807, 2.05) is 0 Å². The van der Waals surface area contributed by atoms with E-state index in [1.165, 1.54) is 0 Å². The molecule has 84 valence electrons. The molecule has 1 unspecified atom stereocenters. The predicted molar refractivity (Wildman–Crippen MR) is 63.2 cm³/mol. The zero-order chi connectivity index (χ0) is 11.4. The van der Waals surface area contributed by atoms with Gasteiger partial charge in [-0.15, -0.1) is 0 Å². The van der Waals surface area contributed by atoms with Crippen LogP contribution in [0.3, 0.4) is 0 Å². The van der Waals surface area contributed by atoms with Crippen molar-refractivity contribution in [1.82, 2.24) is 0 Å². The molecular weight excluding hydrogens is 212 g/mol. The van der Waals surface area contributed by atoms with Gasteiger partial charge >= 0.3 is 5.97 Å². The largest absolute Gasteiger partial charge is 0.460 e. The minimum Gasteiger partial charge on any atom is -0.460 e. The van der Waals surface area contributed by atoms with Gasteiger partial charge < -0.3 is 4.74 Å². The highest BCUT2D eigenvalue weighted by Gasteiger charge is 2.19. The van der Waals surface area contributed by atoms with Crippen LogP contribution in [-0.2, 0) is 14.3 Å². The molecule has 0 amide bonds. The zero-order valence-corrected chi connectivity index (χ0v) is 9.99. The highest BCUT2D eigenvalue weighted by Crippen LogP contribution is 2.32. The van der Waals surface area contributed by atoms with Crippen LogP contribution >= 0.6 is 10.5 Å². The Morgan fingerprint density at radius 1 is 1.60 bits per heavy atom. The summed E-state index contributed by atoms with van der Waals surface area (Å²) in [5.74, 6) is 4.71. The number of Topliss-reactive ketones (excluding diaryl/α,β-unsaturated/α-hetero) is 1. The Morgan fingerprint density at radius 2 is 2.27 bits per heavy atom. The Balaban J connectivity index is 2.73. The van der Waals surface area contributed by atoms with Crippen molar-refractivity contribution < 1.29 is 14.3 Å². The van der Waals surface area contributed by atoms with Gasteiger partial charge in [0.25, 0.3) is 0 Å². The first kappa shape index (κ1) is 12.2. The molecule has 1 rings (SSSR count). The monoisotopic (exact) mass is 228 g/mol. The van der Waals surface area contributed by atoms with Gasteiger partial charge in [-0.3, -0.25) is 9.59 Å². The summed E-state index contributed by atoms with van der Waals surface area (Å²) in [4.78, 5) is 23.4. The number of ether oxygens (including phenoxy) is 1. The number of hydrogen-bond donors (Lipinski definition) is 0. The van der Waals surface area contributed by atoms with Crippen LogP contribution in [0.2, 0.25) is 0 Å². The smallest absolute Gasteiger partial charge is 0.305 e. The summed E-state index contributed by atoms with van der Waals surface area (Å²) in [7, 11) is -0.166. The first-order valence-corrected chi connectivity index (χ1v) is 6.51. The molecule has 4 heteroatoms. The predicted octanol–water partition coefficient (Wildman–Crippen LogP) is 1.89. The average molecular weight is 228 g/mol. The molecule has 1 atom stereocenters. The second kappa shape index (κ2) is 5.26. The van der Waals surface area contributed by atoms with Gasteiger partial charge in [0, 0.05) is 23.3 Å². The topological polar surface area (TPSA) is 43.4 Å². The van der Waals surface area contributed by atoms with Crippen molar-refractivity contribution in [2.75, 3.05) is 12.4 Å². The molecule has 0 aromatic carbocycles. The van der Waals surface area contributed by atoms with Gasteiger partial charge in [0.1, 0.15) is 6.61 Å². The molecule has 0 saturated carbocycles. The van der Waals surface area contributed by atoms with Crippen LogP contribution in [0.4, 0.5) is 0 Å². The molecule has 3 nitrogen and oxygen atoms in total. The SMILES string of the molecule is C=S1CCC(=O)C(C)=C1COC(=O)CC. The second-order valence-corrected chi connectivity index (χ2v) is 5.32. The third-order valence-electron chi connectivity index (χ3n) is 2.41. The fraction of sp³-hybridized carbons (Fsp3) is 0.545. The molecule has 1 aliphatic heterocycles. The van der Waals surface area contributed by atoms with Gasteiger partial charge in [-0.05, 0) is 12.7 Å². The highest BCUT2D eigenvalue weighted by atomic mass is 32.2. The summed E-state index contributed by atoms with van der Waals surface area (Å²) < 4.78 is 5.04. The molecule has 0 bridgehead atoms. The second-order valence-electron chi connectivity index (χ2n) is 3.43. The number of carbonyl (C=O) groups is 2. The molecule has 0 aromatic rings. The van der Waals surface area contributed by atoms with E-state index in [-0.39, 0.29) is 28.8 Å². The Bertz CT molecular complexity index is 342. The third-order valence-corrected chi connectivity index (χ3v) is 4.23. The molecule has 0 aromatic heterocycles. The van der Waals surface area contributed by atoms with Gasteiger partial charge in [0.05, 0.1) is 0 Å². The maximum Gasteiger partial charge on any atom is 0.305 e. The molecule has 0 aliphatic carbocycles. The quantitative estimate of drug-likeness (QED) is 0.547. The van der Waals surface area contributed by atoms with Gasteiger partial charge in [-0.2, -0.15) is 10.5 Å².